The number of benzene rings is 1. The van der Waals surface area contributed by atoms with Gasteiger partial charge < -0.3 is 24.5 Å². The maximum atomic E-state index is 12.5. The van der Waals surface area contributed by atoms with Crippen LogP contribution in [0.25, 0.3) is 11.4 Å². The molecule has 188 valence electrons. The summed E-state index contributed by atoms with van der Waals surface area (Å²) in [5.74, 6) is 0. The van der Waals surface area contributed by atoms with Crippen LogP contribution >= 0.6 is 0 Å². The number of hydrogen-bond donors (Lipinski definition) is 1. The maximum absolute atomic E-state index is 12.5. The predicted octanol–water partition coefficient (Wildman–Crippen LogP) is 2.09. The van der Waals surface area contributed by atoms with Crippen LogP contribution in [0.1, 0.15) is 12.8 Å². The number of piperidine rings is 1. The number of hydrogen-bond acceptors (Lipinski definition) is 8. The van der Waals surface area contributed by atoms with Crippen LogP contribution < -0.4 is 20.1 Å². The zero-order valence-corrected chi connectivity index (χ0v) is 20.2. The van der Waals surface area contributed by atoms with E-state index in [4.69, 9.17) is 9.84 Å². The molecule has 1 N–H and O–H groups in total. The van der Waals surface area contributed by atoms with Gasteiger partial charge in [-0.2, -0.15) is 4.98 Å². The van der Waals surface area contributed by atoms with Gasteiger partial charge in [0.25, 0.3) is 11.6 Å². The zero-order chi connectivity index (χ0) is 25.1. The van der Waals surface area contributed by atoms with E-state index in [1.54, 1.807) is 19.3 Å². The minimum atomic E-state index is -0.853. The van der Waals surface area contributed by atoms with Gasteiger partial charge >= 0.3 is 6.09 Å². The summed E-state index contributed by atoms with van der Waals surface area (Å²) in [5, 5.41) is 9.13. The molecule has 2 saturated heterocycles. The summed E-state index contributed by atoms with van der Waals surface area (Å²) in [6.07, 6.45) is 3.78. The Kier molecular flexibility index (Phi) is 6.70. The lowest BCUT2D eigenvalue weighted by molar-refractivity contribution is 0.142. The van der Waals surface area contributed by atoms with E-state index in [0.29, 0.717) is 43.6 Å². The summed E-state index contributed by atoms with van der Waals surface area (Å²) < 4.78 is 7.59. The summed E-state index contributed by atoms with van der Waals surface area (Å²) in [6.45, 7) is 4.11. The van der Waals surface area contributed by atoms with E-state index < -0.39 is 6.09 Å². The first-order valence-electron chi connectivity index (χ1n) is 12.1. The molecule has 0 spiro atoms. The fraction of sp³-hybridized carbons (Fsp3) is 0.400. The molecule has 36 heavy (non-hydrogen) atoms. The molecule has 0 aliphatic carbocycles. The second-order valence-corrected chi connectivity index (χ2v) is 8.99. The van der Waals surface area contributed by atoms with Crippen molar-refractivity contribution in [2.75, 3.05) is 49.1 Å². The fourth-order valence-electron chi connectivity index (χ4n) is 4.61. The standard InChI is InChI=1S/C25H29N7O4/c1-29-23(33)16-22(21-6-9-26-17-27-21)28-24(29)36-20-7-10-30(11-8-20)18-2-4-19(5-3-18)31-12-14-32(15-13-31)25(34)35/h2-6,9,16-17,20H,7-8,10-15H2,1H3,(H,34,35). The monoisotopic (exact) mass is 491 g/mol. The van der Waals surface area contributed by atoms with E-state index in [-0.39, 0.29) is 11.7 Å². The Morgan fingerprint density at radius 1 is 0.944 bits per heavy atom. The van der Waals surface area contributed by atoms with Crippen molar-refractivity contribution in [1.82, 2.24) is 24.4 Å². The van der Waals surface area contributed by atoms with Crippen molar-refractivity contribution in [2.45, 2.75) is 18.9 Å². The maximum Gasteiger partial charge on any atom is 0.407 e. The Hall–Kier alpha value is -4.15. The number of piperazine rings is 1. The number of nitrogens with zero attached hydrogens (tertiary/aromatic N) is 7. The first-order chi connectivity index (χ1) is 17.5. The highest BCUT2D eigenvalue weighted by molar-refractivity contribution is 5.66. The number of amides is 1. The molecule has 5 rings (SSSR count). The van der Waals surface area contributed by atoms with Crippen molar-refractivity contribution in [1.29, 1.82) is 0 Å². The average molecular weight is 492 g/mol. The van der Waals surface area contributed by atoms with E-state index in [1.807, 2.05) is 0 Å². The summed E-state index contributed by atoms with van der Waals surface area (Å²) >= 11 is 0. The second-order valence-electron chi connectivity index (χ2n) is 8.99. The zero-order valence-electron chi connectivity index (χ0n) is 20.2. The molecule has 0 bridgehead atoms. The van der Waals surface area contributed by atoms with Gasteiger partial charge in [-0.15, -0.1) is 0 Å². The van der Waals surface area contributed by atoms with Crippen LogP contribution in [0, 0.1) is 0 Å². The van der Waals surface area contributed by atoms with Crippen LogP contribution in [0.3, 0.4) is 0 Å². The fourth-order valence-corrected chi connectivity index (χ4v) is 4.61. The molecule has 1 amide bonds. The van der Waals surface area contributed by atoms with E-state index in [0.717, 1.165) is 37.3 Å². The minimum absolute atomic E-state index is 0.0372. The van der Waals surface area contributed by atoms with Crippen LogP contribution in [-0.4, -0.2) is 81.0 Å². The van der Waals surface area contributed by atoms with Crippen LogP contribution in [0.15, 0.2) is 53.7 Å². The van der Waals surface area contributed by atoms with Gasteiger partial charge in [0.15, 0.2) is 0 Å². The van der Waals surface area contributed by atoms with Gasteiger partial charge in [-0.05, 0) is 30.3 Å². The number of rotatable bonds is 5. The average Bonchev–Trinajstić information content (AvgIpc) is 2.92. The van der Waals surface area contributed by atoms with E-state index in [9.17, 15) is 9.59 Å². The third kappa shape index (κ3) is 5.09. The smallest absolute Gasteiger partial charge is 0.407 e. The SMILES string of the molecule is Cn1c(OC2CCN(c3ccc(N4CCN(C(=O)O)CC4)cc3)CC2)nc(-c2ccncn2)cc1=O. The van der Waals surface area contributed by atoms with Gasteiger partial charge in [-0.1, -0.05) is 0 Å². The molecule has 0 atom stereocenters. The van der Waals surface area contributed by atoms with Crippen molar-refractivity contribution < 1.29 is 14.6 Å². The number of aromatic nitrogens is 4. The molecule has 0 radical (unpaired) electrons. The summed E-state index contributed by atoms with van der Waals surface area (Å²) in [7, 11) is 1.66. The molecule has 0 unspecified atom stereocenters. The van der Waals surface area contributed by atoms with Crippen LogP contribution in [0.4, 0.5) is 16.2 Å². The molecule has 2 aliphatic rings. The molecule has 2 aromatic heterocycles. The number of ether oxygens (including phenoxy) is 1. The number of anilines is 2. The van der Waals surface area contributed by atoms with Gasteiger partial charge in [0.2, 0.25) is 0 Å². The Labute approximate surface area is 208 Å². The molecule has 2 aliphatic heterocycles. The summed E-state index contributed by atoms with van der Waals surface area (Å²) in [4.78, 5) is 42.2. The highest BCUT2D eigenvalue weighted by atomic mass is 16.5. The quantitative estimate of drug-likeness (QED) is 0.572. The molecular formula is C25H29N7O4. The number of carbonyl (C=O) groups is 1. The third-order valence-corrected chi connectivity index (χ3v) is 6.78. The molecule has 0 saturated carbocycles. The van der Waals surface area contributed by atoms with Gasteiger partial charge in [0, 0.05) is 82.8 Å². The highest BCUT2D eigenvalue weighted by Gasteiger charge is 2.24. The lowest BCUT2D eigenvalue weighted by atomic mass is 10.1. The van der Waals surface area contributed by atoms with Crippen LogP contribution in [0.5, 0.6) is 6.01 Å². The molecule has 11 heteroatoms. The van der Waals surface area contributed by atoms with E-state index in [2.05, 4.69) is 49.0 Å². The minimum Gasteiger partial charge on any atom is -0.465 e. The van der Waals surface area contributed by atoms with Crippen molar-refractivity contribution >= 4 is 17.5 Å². The normalized spacial score (nSPS) is 16.8. The molecular weight excluding hydrogens is 462 g/mol. The topological polar surface area (TPSA) is 117 Å². The van der Waals surface area contributed by atoms with E-state index in [1.165, 1.54) is 21.9 Å². The molecule has 4 heterocycles. The first-order valence-corrected chi connectivity index (χ1v) is 12.1. The lowest BCUT2D eigenvalue weighted by Gasteiger charge is -2.36. The van der Waals surface area contributed by atoms with Gasteiger partial charge in [-0.3, -0.25) is 9.36 Å². The van der Waals surface area contributed by atoms with Crippen molar-refractivity contribution in [3.63, 3.8) is 0 Å². The first kappa shape index (κ1) is 23.6. The second kappa shape index (κ2) is 10.2. The largest absolute Gasteiger partial charge is 0.465 e. The third-order valence-electron chi connectivity index (χ3n) is 6.78. The highest BCUT2D eigenvalue weighted by Crippen LogP contribution is 2.26. The van der Waals surface area contributed by atoms with E-state index >= 15 is 0 Å². The van der Waals surface area contributed by atoms with Crippen LogP contribution in [-0.2, 0) is 7.05 Å². The van der Waals surface area contributed by atoms with Crippen LogP contribution in [0.2, 0.25) is 0 Å². The van der Waals surface area contributed by atoms with Crippen molar-refractivity contribution in [3.05, 3.63) is 59.3 Å². The molecule has 3 aromatic rings. The molecule has 11 nitrogen and oxygen atoms in total. The predicted molar refractivity (Wildman–Crippen MR) is 135 cm³/mol. The Morgan fingerprint density at radius 3 is 2.17 bits per heavy atom. The lowest BCUT2D eigenvalue weighted by Crippen LogP contribution is -2.48. The summed E-state index contributed by atoms with van der Waals surface area (Å²) in [6, 6.07) is 11.9. The Bertz CT molecular complexity index is 1250. The number of carboxylic acid groups (broad SMARTS) is 1. The Balaban J connectivity index is 1.18. The van der Waals surface area contributed by atoms with Gasteiger partial charge in [0.1, 0.15) is 12.4 Å². The van der Waals surface area contributed by atoms with Gasteiger partial charge in [-0.25, -0.2) is 14.8 Å². The summed E-state index contributed by atoms with van der Waals surface area (Å²) in [5.41, 5.74) is 3.11. The molecule has 2 fully saturated rings. The van der Waals surface area contributed by atoms with Crippen molar-refractivity contribution in [3.8, 4) is 17.4 Å². The molecule has 1 aromatic carbocycles. The van der Waals surface area contributed by atoms with Crippen molar-refractivity contribution in [2.24, 2.45) is 7.05 Å². The van der Waals surface area contributed by atoms with Gasteiger partial charge in [0.05, 0.1) is 11.4 Å². The Morgan fingerprint density at radius 2 is 1.58 bits per heavy atom.